The molecule has 4 heteroatoms. The van der Waals surface area contributed by atoms with Crippen molar-refractivity contribution in [2.75, 3.05) is 17.2 Å². The van der Waals surface area contributed by atoms with E-state index in [1.54, 1.807) is 11.8 Å². The molecule has 0 amide bonds. The quantitative estimate of drug-likeness (QED) is 0.796. The molecule has 0 spiro atoms. The number of nitrogens with zero attached hydrogens (tertiary/aromatic N) is 1. The molecular formula is C10H11ClN2S. The molecule has 0 atom stereocenters. The first-order chi connectivity index (χ1) is 6.79. The maximum Gasteiger partial charge on any atom is 0.160 e. The summed E-state index contributed by atoms with van der Waals surface area (Å²) in [7, 11) is 0. The molecule has 0 aromatic heterocycles. The Balaban J connectivity index is 2.29. The second-order valence-corrected chi connectivity index (χ2v) is 4.60. The van der Waals surface area contributed by atoms with Crippen molar-refractivity contribution in [3.8, 4) is 0 Å². The Morgan fingerprint density at radius 1 is 1.36 bits per heavy atom. The van der Waals surface area contributed by atoms with Gasteiger partial charge in [0.25, 0.3) is 0 Å². The average Bonchev–Trinajstić information content (AvgIpc) is 2.20. The van der Waals surface area contributed by atoms with Gasteiger partial charge in [-0.3, -0.25) is 5.41 Å². The number of para-hydroxylation sites is 1. The van der Waals surface area contributed by atoms with E-state index in [4.69, 9.17) is 17.0 Å². The van der Waals surface area contributed by atoms with Crippen molar-refractivity contribution in [3.05, 3.63) is 29.3 Å². The molecule has 0 aliphatic carbocycles. The molecule has 2 nitrogen and oxygen atoms in total. The monoisotopic (exact) mass is 226 g/mol. The predicted molar refractivity (Wildman–Crippen MR) is 63.6 cm³/mol. The fraction of sp³-hybridized carbons (Fsp3) is 0.300. The largest absolute Gasteiger partial charge is 0.320 e. The molecule has 74 valence electrons. The van der Waals surface area contributed by atoms with Crippen LogP contribution in [0.3, 0.4) is 0 Å². The Morgan fingerprint density at radius 3 is 2.86 bits per heavy atom. The summed E-state index contributed by atoms with van der Waals surface area (Å²) >= 11 is 7.66. The van der Waals surface area contributed by atoms with Crippen LogP contribution in [0, 0.1) is 5.41 Å². The highest BCUT2D eigenvalue weighted by molar-refractivity contribution is 8.14. The fourth-order valence-electron chi connectivity index (χ4n) is 1.47. The second kappa shape index (κ2) is 4.24. The summed E-state index contributed by atoms with van der Waals surface area (Å²) in [4.78, 5) is 1.97. The van der Waals surface area contributed by atoms with Crippen LogP contribution in [-0.2, 0) is 0 Å². The van der Waals surface area contributed by atoms with Crippen molar-refractivity contribution >= 4 is 34.2 Å². The zero-order valence-corrected chi connectivity index (χ0v) is 9.24. The van der Waals surface area contributed by atoms with Crippen LogP contribution in [0.1, 0.15) is 6.42 Å². The zero-order chi connectivity index (χ0) is 9.97. The van der Waals surface area contributed by atoms with Crippen LogP contribution < -0.4 is 4.90 Å². The number of amidine groups is 1. The van der Waals surface area contributed by atoms with Gasteiger partial charge in [-0.05, 0) is 18.6 Å². The lowest BCUT2D eigenvalue weighted by Crippen LogP contribution is -2.33. The lowest BCUT2D eigenvalue weighted by Gasteiger charge is -2.29. The molecule has 1 heterocycles. The van der Waals surface area contributed by atoms with Crippen molar-refractivity contribution in [2.24, 2.45) is 0 Å². The number of benzene rings is 1. The van der Waals surface area contributed by atoms with Crippen LogP contribution in [0.5, 0.6) is 0 Å². The Labute approximate surface area is 92.8 Å². The number of thioether (sulfide) groups is 1. The van der Waals surface area contributed by atoms with E-state index in [2.05, 4.69) is 0 Å². The third kappa shape index (κ3) is 1.88. The first kappa shape index (κ1) is 9.87. The maximum atomic E-state index is 7.81. The highest BCUT2D eigenvalue weighted by Gasteiger charge is 2.18. The lowest BCUT2D eigenvalue weighted by atomic mass is 10.3. The molecule has 1 aliphatic rings. The maximum absolute atomic E-state index is 7.81. The van der Waals surface area contributed by atoms with E-state index in [0.717, 1.165) is 29.4 Å². The van der Waals surface area contributed by atoms with Gasteiger partial charge < -0.3 is 4.90 Å². The van der Waals surface area contributed by atoms with E-state index < -0.39 is 0 Å². The molecule has 0 bridgehead atoms. The molecule has 1 fully saturated rings. The number of hydrogen-bond acceptors (Lipinski definition) is 2. The van der Waals surface area contributed by atoms with Crippen LogP contribution in [-0.4, -0.2) is 17.5 Å². The van der Waals surface area contributed by atoms with Crippen LogP contribution in [0.15, 0.2) is 24.3 Å². The summed E-state index contributed by atoms with van der Waals surface area (Å²) in [5.74, 6) is 1.04. The molecule has 1 N–H and O–H groups in total. The SMILES string of the molecule is N=C1SCCCN1c1ccccc1Cl. The molecule has 1 aliphatic heterocycles. The number of halogens is 1. The smallest absolute Gasteiger partial charge is 0.160 e. The van der Waals surface area contributed by atoms with Gasteiger partial charge in [0.15, 0.2) is 5.17 Å². The van der Waals surface area contributed by atoms with Crippen molar-refractivity contribution in [1.82, 2.24) is 0 Å². The van der Waals surface area contributed by atoms with Crippen LogP contribution in [0.25, 0.3) is 0 Å². The number of nitrogens with one attached hydrogen (secondary N) is 1. The Morgan fingerprint density at radius 2 is 2.14 bits per heavy atom. The van der Waals surface area contributed by atoms with Gasteiger partial charge in [0.2, 0.25) is 0 Å². The van der Waals surface area contributed by atoms with E-state index in [9.17, 15) is 0 Å². The second-order valence-electron chi connectivity index (χ2n) is 3.11. The first-order valence-corrected chi connectivity index (χ1v) is 5.89. The van der Waals surface area contributed by atoms with Gasteiger partial charge in [0.1, 0.15) is 0 Å². The Kier molecular flexibility index (Phi) is 2.99. The molecule has 0 saturated carbocycles. The molecule has 14 heavy (non-hydrogen) atoms. The number of anilines is 1. The Bertz CT molecular complexity index is 354. The summed E-state index contributed by atoms with van der Waals surface area (Å²) < 4.78 is 0. The Hall–Kier alpha value is -0.670. The van der Waals surface area contributed by atoms with Crippen molar-refractivity contribution < 1.29 is 0 Å². The third-order valence-electron chi connectivity index (χ3n) is 2.15. The fourth-order valence-corrected chi connectivity index (χ4v) is 2.52. The minimum Gasteiger partial charge on any atom is -0.320 e. The van der Waals surface area contributed by atoms with E-state index in [1.165, 1.54) is 0 Å². The summed E-state index contributed by atoms with van der Waals surface area (Å²) in [5, 5.41) is 9.13. The van der Waals surface area contributed by atoms with Gasteiger partial charge in [0, 0.05) is 12.3 Å². The third-order valence-corrected chi connectivity index (χ3v) is 3.46. The number of rotatable bonds is 1. The van der Waals surface area contributed by atoms with Gasteiger partial charge in [-0.25, -0.2) is 0 Å². The highest BCUT2D eigenvalue weighted by Crippen LogP contribution is 2.29. The van der Waals surface area contributed by atoms with Gasteiger partial charge >= 0.3 is 0 Å². The number of hydrogen-bond donors (Lipinski definition) is 1. The van der Waals surface area contributed by atoms with Crippen LogP contribution in [0.4, 0.5) is 5.69 Å². The summed E-state index contributed by atoms with van der Waals surface area (Å²) in [5.41, 5.74) is 0.950. The lowest BCUT2D eigenvalue weighted by molar-refractivity contribution is 0.903. The van der Waals surface area contributed by atoms with Gasteiger partial charge in [-0.1, -0.05) is 35.5 Å². The molecule has 1 aromatic rings. The topological polar surface area (TPSA) is 27.1 Å². The summed E-state index contributed by atoms with van der Waals surface area (Å²) in [6.07, 6.45) is 1.11. The summed E-state index contributed by atoms with van der Waals surface area (Å²) in [6, 6.07) is 7.69. The normalized spacial score (nSPS) is 17.2. The van der Waals surface area contributed by atoms with E-state index in [-0.39, 0.29) is 0 Å². The first-order valence-electron chi connectivity index (χ1n) is 4.52. The highest BCUT2D eigenvalue weighted by atomic mass is 35.5. The van der Waals surface area contributed by atoms with Crippen molar-refractivity contribution in [3.63, 3.8) is 0 Å². The van der Waals surface area contributed by atoms with Crippen LogP contribution >= 0.6 is 23.4 Å². The zero-order valence-electron chi connectivity index (χ0n) is 7.66. The van der Waals surface area contributed by atoms with Crippen LogP contribution in [0.2, 0.25) is 5.02 Å². The molecule has 1 saturated heterocycles. The van der Waals surface area contributed by atoms with E-state index in [1.807, 2.05) is 29.2 Å². The summed E-state index contributed by atoms with van der Waals surface area (Å²) in [6.45, 7) is 0.898. The molecule has 0 unspecified atom stereocenters. The van der Waals surface area contributed by atoms with Crippen molar-refractivity contribution in [2.45, 2.75) is 6.42 Å². The van der Waals surface area contributed by atoms with Gasteiger partial charge in [-0.2, -0.15) is 0 Å². The van der Waals surface area contributed by atoms with Gasteiger partial charge in [0.05, 0.1) is 10.7 Å². The molecular weight excluding hydrogens is 216 g/mol. The molecule has 2 rings (SSSR count). The van der Waals surface area contributed by atoms with E-state index in [0.29, 0.717) is 5.17 Å². The minimum atomic E-state index is 0.601. The van der Waals surface area contributed by atoms with E-state index >= 15 is 0 Å². The minimum absolute atomic E-state index is 0.601. The predicted octanol–water partition coefficient (Wildman–Crippen LogP) is 3.22. The average molecular weight is 227 g/mol. The molecule has 1 aromatic carbocycles. The van der Waals surface area contributed by atoms with Crippen molar-refractivity contribution in [1.29, 1.82) is 5.41 Å². The van der Waals surface area contributed by atoms with Gasteiger partial charge in [-0.15, -0.1) is 0 Å². The molecule has 0 radical (unpaired) electrons. The standard InChI is InChI=1S/C10H11ClN2S/c11-8-4-1-2-5-9(8)13-6-3-7-14-10(13)12/h1-2,4-5,12H,3,6-7H2.